The predicted molar refractivity (Wildman–Crippen MR) is 138 cm³/mol. The fourth-order valence-electron chi connectivity index (χ4n) is 3.73. The van der Waals surface area contributed by atoms with Gasteiger partial charge in [-0.05, 0) is 49.4 Å². The second kappa shape index (κ2) is 11.7. The standard InChI is InChI=1S/C23H26ClN3O2S2.ClH/c1-16-18(24)8-9-20-21(16)25-23(31-20)27(11-5-10-26-12-14-29-15-13-26)22(28)17-6-3-4-7-19(17)30-2;/h3-4,6-9H,5,10-15H2,1-2H3;1H. The van der Waals surface area contributed by atoms with E-state index in [1.807, 2.05) is 54.5 Å². The predicted octanol–water partition coefficient (Wildman–Crippen LogP) is 5.77. The Morgan fingerprint density at radius 1 is 1.25 bits per heavy atom. The Labute approximate surface area is 208 Å². The van der Waals surface area contributed by atoms with Crippen LogP contribution < -0.4 is 4.90 Å². The smallest absolute Gasteiger partial charge is 0.261 e. The fourth-order valence-corrected chi connectivity index (χ4v) is 5.52. The molecule has 32 heavy (non-hydrogen) atoms. The zero-order valence-corrected chi connectivity index (χ0v) is 21.4. The summed E-state index contributed by atoms with van der Waals surface area (Å²) in [5.74, 6) is -0.00488. The average Bonchev–Trinajstić information content (AvgIpc) is 3.24. The molecular formula is C23H27Cl2N3O2S2. The van der Waals surface area contributed by atoms with Gasteiger partial charge in [-0.2, -0.15) is 0 Å². The second-order valence-electron chi connectivity index (χ2n) is 7.48. The van der Waals surface area contributed by atoms with Crippen LogP contribution in [0.4, 0.5) is 5.13 Å². The Hall–Kier alpha value is -1.35. The molecule has 1 fully saturated rings. The first kappa shape index (κ1) is 25.3. The van der Waals surface area contributed by atoms with Crippen LogP contribution in [-0.4, -0.2) is 61.4 Å². The van der Waals surface area contributed by atoms with Gasteiger partial charge in [0.25, 0.3) is 5.91 Å². The number of benzene rings is 2. The molecule has 5 nitrogen and oxygen atoms in total. The van der Waals surface area contributed by atoms with Crippen LogP contribution in [0.2, 0.25) is 5.02 Å². The van der Waals surface area contributed by atoms with Crippen LogP contribution in [0.15, 0.2) is 41.3 Å². The van der Waals surface area contributed by atoms with E-state index >= 15 is 0 Å². The van der Waals surface area contributed by atoms with Crippen molar-refractivity contribution in [3.05, 3.63) is 52.5 Å². The van der Waals surface area contributed by atoms with E-state index in [4.69, 9.17) is 21.3 Å². The molecule has 0 radical (unpaired) electrons. The molecular weight excluding hydrogens is 485 g/mol. The number of amides is 1. The van der Waals surface area contributed by atoms with E-state index in [9.17, 15) is 4.79 Å². The molecule has 2 heterocycles. The Morgan fingerprint density at radius 2 is 2.00 bits per heavy atom. The largest absolute Gasteiger partial charge is 0.379 e. The topological polar surface area (TPSA) is 45.7 Å². The molecule has 0 N–H and O–H groups in total. The molecule has 1 saturated heterocycles. The van der Waals surface area contributed by atoms with Crippen LogP contribution in [-0.2, 0) is 4.74 Å². The summed E-state index contributed by atoms with van der Waals surface area (Å²) in [4.78, 5) is 23.7. The lowest BCUT2D eigenvalue weighted by Crippen LogP contribution is -2.39. The number of nitrogens with zero attached hydrogens (tertiary/aromatic N) is 3. The molecule has 1 aromatic heterocycles. The van der Waals surface area contributed by atoms with Gasteiger partial charge in [-0.15, -0.1) is 24.2 Å². The van der Waals surface area contributed by atoms with Gasteiger partial charge < -0.3 is 4.74 Å². The summed E-state index contributed by atoms with van der Waals surface area (Å²) in [6.45, 7) is 6.98. The van der Waals surface area contributed by atoms with Crippen molar-refractivity contribution in [2.75, 3.05) is 50.5 Å². The average molecular weight is 513 g/mol. The van der Waals surface area contributed by atoms with Crippen LogP contribution in [0.3, 0.4) is 0 Å². The van der Waals surface area contributed by atoms with Crippen molar-refractivity contribution in [3.63, 3.8) is 0 Å². The molecule has 3 aromatic rings. The minimum atomic E-state index is -0.00488. The zero-order chi connectivity index (χ0) is 21.8. The lowest BCUT2D eigenvalue weighted by atomic mass is 10.2. The van der Waals surface area contributed by atoms with Gasteiger partial charge in [0.1, 0.15) is 0 Å². The summed E-state index contributed by atoms with van der Waals surface area (Å²) < 4.78 is 6.49. The molecule has 1 aliphatic rings. The Morgan fingerprint density at radius 3 is 2.75 bits per heavy atom. The van der Waals surface area contributed by atoms with Crippen molar-refractivity contribution >= 4 is 68.4 Å². The molecule has 0 spiro atoms. The number of morpholine rings is 1. The molecule has 172 valence electrons. The third-order valence-corrected chi connectivity index (χ3v) is 7.76. The first-order chi connectivity index (χ1) is 15.1. The minimum absolute atomic E-state index is 0. The Balaban J connectivity index is 0.00000289. The summed E-state index contributed by atoms with van der Waals surface area (Å²) in [6.07, 6.45) is 2.88. The number of carbonyl (C=O) groups is 1. The second-order valence-corrected chi connectivity index (χ2v) is 9.74. The summed E-state index contributed by atoms with van der Waals surface area (Å²) in [6, 6.07) is 11.7. The lowest BCUT2D eigenvalue weighted by Gasteiger charge is -2.28. The van der Waals surface area contributed by atoms with Gasteiger partial charge in [0, 0.05) is 36.1 Å². The first-order valence-corrected chi connectivity index (χ1v) is 12.8. The number of ether oxygens (including phenoxy) is 1. The van der Waals surface area contributed by atoms with Crippen molar-refractivity contribution in [1.82, 2.24) is 9.88 Å². The van der Waals surface area contributed by atoms with Crippen LogP contribution >= 0.6 is 47.1 Å². The maximum atomic E-state index is 13.7. The SMILES string of the molecule is CSc1ccccc1C(=O)N(CCCN1CCOCC1)c1nc2c(C)c(Cl)ccc2s1.Cl. The number of aryl methyl sites for hydroxylation is 1. The first-order valence-electron chi connectivity index (χ1n) is 10.4. The number of aromatic nitrogens is 1. The fraction of sp³-hybridized carbons (Fsp3) is 0.391. The Bertz CT molecular complexity index is 1070. The third-order valence-electron chi connectivity index (χ3n) is 5.51. The van der Waals surface area contributed by atoms with Gasteiger partial charge in [0.05, 0.1) is 29.0 Å². The molecule has 0 unspecified atom stereocenters. The minimum Gasteiger partial charge on any atom is -0.379 e. The number of anilines is 1. The monoisotopic (exact) mass is 511 g/mol. The van der Waals surface area contributed by atoms with Crippen LogP contribution in [0.1, 0.15) is 22.3 Å². The highest BCUT2D eigenvalue weighted by molar-refractivity contribution is 7.98. The molecule has 2 aromatic carbocycles. The molecule has 0 saturated carbocycles. The van der Waals surface area contributed by atoms with Crippen molar-refractivity contribution in [2.24, 2.45) is 0 Å². The zero-order valence-electron chi connectivity index (χ0n) is 18.2. The van der Waals surface area contributed by atoms with E-state index in [2.05, 4.69) is 4.90 Å². The molecule has 1 amide bonds. The number of thiazole rings is 1. The molecule has 1 aliphatic heterocycles. The molecule has 0 bridgehead atoms. The van der Waals surface area contributed by atoms with Crippen LogP contribution in [0.5, 0.6) is 0 Å². The number of rotatable bonds is 7. The van der Waals surface area contributed by atoms with E-state index in [0.29, 0.717) is 11.6 Å². The number of carbonyl (C=O) groups excluding carboxylic acids is 1. The van der Waals surface area contributed by atoms with Gasteiger partial charge in [-0.3, -0.25) is 14.6 Å². The van der Waals surface area contributed by atoms with Crippen molar-refractivity contribution < 1.29 is 9.53 Å². The summed E-state index contributed by atoms with van der Waals surface area (Å²) >= 11 is 9.44. The number of hydrogen-bond acceptors (Lipinski definition) is 6. The number of fused-ring (bicyclic) bond motifs is 1. The summed E-state index contributed by atoms with van der Waals surface area (Å²) in [7, 11) is 0. The Kier molecular flexibility index (Phi) is 9.22. The molecule has 0 aliphatic carbocycles. The summed E-state index contributed by atoms with van der Waals surface area (Å²) in [5.41, 5.74) is 2.54. The number of hydrogen-bond donors (Lipinski definition) is 0. The highest BCUT2D eigenvalue weighted by Gasteiger charge is 2.24. The van der Waals surface area contributed by atoms with Gasteiger partial charge in [0.15, 0.2) is 5.13 Å². The highest BCUT2D eigenvalue weighted by atomic mass is 35.5. The van der Waals surface area contributed by atoms with Crippen molar-refractivity contribution in [1.29, 1.82) is 0 Å². The van der Waals surface area contributed by atoms with Crippen LogP contribution in [0.25, 0.3) is 10.2 Å². The number of thioether (sulfide) groups is 1. The normalized spacial score (nSPS) is 14.3. The molecule has 9 heteroatoms. The lowest BCUT2D eigenvalue weighted by molar-refractivity contribution is 0.0376. The van der Waals surface area contributed by atoms with Gasteiger partial charge in [-0.25, -0.2) is 4.98 Å². The highest BCUT2D eigenvalue weighted by Crippen LogP contribution is 2.35. The van der Waals surface area contributed by atoms with E-state index < -0.39 is 0 Å². The van der Waals surface area contributed by atoms with E-state index in [1.165, 1.54) is 0 Å². The molecule has 4 rings (SSSR count). The maximum Gasteiger partial charge on any atom is 0.261 e. The van der Waals surface area contributed by atoms with Gasteiger partial charge in [-0.1, -0.05) is 35.1 Å². The molecule has 0 atom stereocenters. The third kappa shape index (κ3) is 5.58. The van der Waals surface area contributed by atoms with E-state index in [-0.39, 0.29) is 18.3 Å². The van der Waals surface area contributed by atoms with Crippen LogP contribution in [0, 0.1) is 6.92 Å². The number of halogens is 2. The van der Waals surface area contributed by atoms with Gasteiger partial charge in [0.2, 0.25) is 0 Å². The van der Waals surface area contributed by atoms with Gasteiger partial charge >= 0.3 is 0 Å². The van der Waals surface area contributed by atoms with Crippen molar-refractivity contribution in [3.8, 4) is 0 Å². The van der Waals surface area contributed by atoms with E-state index in [1.54, 1.807) is 23.1 Å². The van der Waals surface area contributed by atoms with Crippen molar-refractivity contribution in [2.45, 2.75) is 18.2 Å². The maximum absolute atomic E-state index is 13.7. The van der Waals surface area contributed by atoms with E-state index in [0.717, 1.165) is 70.6 Å². The summed E-state index contributed by atoms with van der Waals surface area (Å²) in [5, 5.41) is 1.42. The quantitative estimate of drug-likeness (QED) is 0.376.